The van der Waals surface area contributed by atoms with Crippen molar-refractivity contribution < 1.29 is 9.94 Å². The summed E-state index contributed by atoms with van der Waals surface area (Å²) < 4.78 is 5.68. The molecule has 0 spiro atoms. The van der Waals surface area contributed by atoms with E-state index in [9.17, 15) is 0 Å². The zero-order valence-electron chi connectivity index (χ0n) is 11.4. The summed E-state index contributed by atoms with van der Waals surface area (Å²) in [6, 6.07) is 1.69. The molecule has 2 unspecified atom stereocenters. The molecule has 1 fully saturated rings. The van der Waals surface area contributed by atoms with Crippen LogP contribution in [0.15, 0.2) is 11.2 Å². The Morgan fingerprint density at radius 2 is 2.05 bits per heavy atom. The molecule has 0 amide bonds. The molecule has 1 aliphatic heterocycles. The van der Waals surface area contributed by atoms with Gasteiger partial charge in [-0.25, -0.2) is 9.97 Å². The maximum absolute atomic E-state index is 8.73. The molecule has 0 bridgehead atoms. The molecule has 1 aromatic heterocycles. The summed E-state index contributed by atoms with van der Waals surface area (Å²) >= 11 is 0. The van der Waals surface area contributed by atoms with Crippen LogP contribution in [0.5, 0.6) is 0 Å². The van der Waals surface area contributed by atoms with E-state index >= 15 is 0 Å². The SMILES string of the molecule is Cc1cc(/C(N)=N/O)nc(N2CC(C)OC(C)C2)n1. The lowest BCUT2D eigenvalue weighted by molar-refractivity contribution is -0.00573. The van der Waals surface area contributed by atoms with Crippen LogP contribution in [0.4, 0.5) is 5.95 Å². The largest absolute Gasteiger partial charge is 0.409 e. The summed E-state index contributed by atoms with van der Waals surface area (Å²) in [7, 11) is 0. The lowest BCUT2D eigenvalue weighted by Gasteiger charge is -2.35. The second-order valence-corrected chi connectivity index (χ2v) is 4.84. The number of nitrogens with zero attached hydrogens (tertiary/aromatic N) is 4. The third-order valence-corrected chi connectivity index (χ3v) is 2.92. The minimum Gasteiger partial charge on any atom is -0.409 e. The molecule has 0 saturated carbocycles. The van der Waals surface area contributed by atoms with Gasteiger partial charge in [-0.3, -0.25) is 0 Å². The van der Waals surface area contributed by atoms with E-state index in [0.717, 1.165) is 18.8 Å². The number of aryl methyl sites for hydroxylation is 1. The number of amidine groups is 1. The van der Waals surface area contributed by atoms with Crippen LogP contribution in [0, 0.1) is 6.92 Å². The second-order valence-electron chi connectivity index (χ2n) is 4.84. The first-order valence-electron chi connectivity index (χ1n) is 6.23. The first-order valence-corrected chi connectivity index (χ1v) is 6.23. The molecule has 1 aromatic rings. The quantitative estimate of drug-likeness (QED) is 0.350. The van der Waals surface area contributed by atoms with Gasteiger partial charge in [-0.05, 0) is 26.8 Å². The zero-order chi connectivity index (χ0) is 14.0. The van der Waals surface area contributed by atoms with Gasteiger partial charge in [0.15, 0.2) is 5.84 Å². The van der Waals surface area contributed by atoms with Crippen molar-refractivity contribution in [3.8, 4) is 0 Å². The monoisotopic (exact) mass is 265 g/mol. The predicted octanol–water partition coefficient (Wildman–Crippen LogP) is 0.493. The summed E-state index contributed by atoms with van der Waals surface area (Å²) in [4.78, 5) is 10.8. The van der Waals surface area contributed by atoms with Gasteiger partial charge in [-0.1, -0.05) is 5.16 Å². The van der Waals surface area contributed by atoms with Crippen molar-refractivity contribution in [1.82, 2.24) is 9.97 Å². The predicted molar refractivity (Wildman–Crippen MR) is 71.5 cm³/mol. The van der Waals surface area contributed by atoms with Crippen molar-refractivity contribution in [2.45, 2.75) is 33.0 Å². The average molecular weight is 265 g/mol. The molecular weight excluding hydrogens is 246 g/mol. The molecular formula is C12H19N5O2. The number of hydrogen-bond acceptors (Lipinski definition) is 6. The molecule has 104 valence electrons. The van der Waals surface area contributed by atoms with Crippen LogP contribution in [0.2, 0.25) is 0 Å². The molecule has 2 heterocycles. The molecule has 3 N–H and O–H groups in total. The van der Waals surface area contributed by atoms with E-state index in [1.165, 1.54) is 0 Å². The van der Waals surface area contributed by atoms with E-state index in [0.29, 0.717) is 11.6 Å². The van der Waals surface area contributed by atoms with Crippen LogP contribution in [-0.4, -0.2) is 46.3 Å². The number of rotatable bonds is 2. The summed E-state index contributed by atoms with van der Waals surface area (Å²) in [6.07, 6.45) is 0.250. The van der Waals surface area contributed by atoms with Crippen molar-refractivity contribution in [3.05, 3.63) is 17.5 Å². The Morgan fingerprint density at radius 3 is 2.63 bits per heavy atom. The van der Waals surface area contributed by atoms with E-state index < -0.39 is 0 Å². The van der Waals surface area contributed by atoms with Gasteiger partial charge in [0.2, 0.25) is 5.95 Å². The fraction of sp³-hybridized carbons (Fsp3) is 0.583. The topological polar surface area (TPSA) is 96.9 Å². The summed E-state index contributed by atoms with van der Waals surface area (Å²) in [5, 5.41) is 11.7. The highest BCUT2D eigenvalue weighted by Crippen LogP contribution is 2.17. The fourth-order valence-electron chi connectivity index (χ4n) is 2.22. The lowest BCUT2D eigenvalue weighted by atomic mass is 10.2. The molecule has 2 atom stereocenters. The summed E-state index contributed by atoms with van der Waals surface area (Å²) in [5.41, 5.74) is 6.79. The highest BCUT2D eigenvalue weighted by molar-refractivity contribution is 5.95. The number of anilines is 1. The maximum atomic E-state index is 8.73. The molecule has 2 rings (SSSR count). The zero-order valence-corrected chi connectivity index (χ0v) is 11.4. The van der Waals surface area contributed by atoms with Crippen molar-refractivity contribution >= 4 is 11.8 Å². The normalized spacial score (nSPS) is 24.6. The van der Waals surface area contributed by atoms with Gasteiger partial charge < -0.3 is 20.6 Å². The molecule has 1 saturated heterocycles. The molecule has 0 aliphatic carbocycles. The molecule has 0 radical (unpaired) electrons. The van der Waals surface area contributed by atoms with E-state index in [1.54, 1.807) is 6.07 Å². The minimum absolute atomic E-state index is 0.0129. The van der Waals surface area contributed by atoms with Crippen LogP contribution in [0.25, 0.3) is 0 Å². The van der Waals surface area contributed by atoms with Crippen LogP contribution in [0.3, 0.4) is 0 Å². The minimum atomic E-state index is -0.0129. The standard InChI is InChI=1S/C12H19N5O2/c1-7-4-10(11(13)16-18)15-12(14-7)17-5-8(2)19-9(3)6-17/h4,8-9,18H,5-6H2,1-3H3,(H2,13,16). The molecule has 19 heavy (non-hydrogen) atoms. The Bertz CT molecular complexity index is 481. The van der Waals surface area contributed by atoms with E-state index in [4.69, 9.17) is 15.7 Å². The first kappa shape index (κ1) is 13.5. The number of oxime groups is 1. The number of hydrogen-bond donors (Lipinski definition) is 2. The highest BCUT2D eigenvalue weighted by atomic mass is 16.5. The number of nitrogens with two attached hydrogens (primary N) is 1. The van der Waals surface area contributed by atoms with Gasteiger partial charge in [-0.15, -0.1) is 0 Å². The van der Waals surface area contributed by atoms with Crippen LogP contribution in [-0.2, 0) is 4.74 Å². The third-order valence-electron chi connectivity index (χ3n) is 2.92. The Morgan fingerprint density at radius 1 is 1.42 bits per heavy atom. The molecule has 0 aromatic carbocycles. The average Bonchev–Trinajstić information content (AvgIpc) is 2.36. The van der Waals surface area contributed by atoms with E-state index in [2.05, 4.69) is 20.0 Å². The Hall–Kier alpha value is -1.89. The number of aromatic nitrogens is 2. The second kappa shape index (κ2) is 5.40. The van der Waals surface area contributed by atoms with Gasteiger partial charge in [0.05, 0.1) is 12.2 Å². The van der Waals surface area contributed by atoms with Crippen molar-refractivity contribution in [2.75, 3.05) is 18.0 Å². The Labute approximate surface area is 112 Å². The van der Waals surface area contributed by atoms with Crippen LogP contribution in [0.1, 0.15) is 25.2 Å². The molecule has 7 heteroatoms. The molecule has 1 aliphatic rings. The van der Waals surface area contributed by atoms with E-state index in [1.807, 2.05) is 20.8 Å². The van der Waals surface area contributed by atoms with Gasteiger partial charge >= 0.3 is 0 Å². The highest BCUT2D eigenvalue weighted by Gasteiger charge is 2.24. The van der Waals surface area contributed by atoms with Gasteiger partial charge in [0.1, 0.15) is 5.69 Å². The van der Waals surface area contributed by atoms with Crippen molar-refractivity contribution in [1.29, 1.82) is 0 Å². The lowest BCUT2D eigenvalue weighted by Crippen LogP contribution is -2.46. The van der Waals surface area contributed by atoms with Crippen LogP contribution < -0.4 is 10.6 Å². The van der Waals surface area contributed by atoms with Gasteiger partial charge in [0, 0.05) is 18.8 Å². The fourth-order valence-corrected chi connectivity index (χ4v) is 2.22. The van der Waals surface area contributed by atoms with E-state index in [-0.39, 0.29) is 18.0 Å². The Balaban J connectivity index is 2.31. The summed E-state index contributed by atoms with van der Waals surface area (Å²) in [5.74, 6) is 0.574. The van der Waals surface area contributed by atoms with Crippen molar-refractivity contribution in [3.63, 3.8) is 0 Å². The summed E-state index contributed by atoms with van der Waals surface area (Å²) in [6.45, 7) is 7.34. The first-order chi connectivity index (χ1) is 8.99. The van der Waals surface area contributed by atoms with Gasteiger partial charge in [-0.2, -0.15) is 0 Å². The molecule has 7 nitrogen and oxygen atoms in total. The Kier molecular flexibility index (Phi) is 3.84. The third kappa shape index (κ3) is 3.11. The van der Waals surface area contributed by atoms with Gasteiger partial charge in [0.25, 0.3) is 0 Å². The smallest absolute Gasteiger partial charge is 0.226 e. The number of ether oxygens (including phenoxy) is 1. The van der Waals surface area contributed by atoms with Crippen LogP contribution >= 0.6 is 0 Å². The number of morpholine rings is 1. The maximum Gasteiger partial charge on any atom is 0.226 e. The van der Waals surface area contributed by atoms with Crippen molar-refractivity contribution in [2.24, 2.45) is 10.9 Å².